The molecule has 2 saturated heterocycles. The SMILES string of the molecule is NC(=O)c1ccc[n+]([C@@H]2O[C@H](C(O)O[P+]([O-])(O)OP(=O)(O)OC[C@H]3O[C@@H](n4cnc5c(N)ncnc54)[C@H](O[P+]([O-])(O)O)[C@@H]3O)[C@@H](O)[C@H]2O)c1. The van der Waals surface area contributed by atoms with Crippen molar-refractivity contribution >= 4 is 47.1 Å². The molecule has 2 aliphatic rings. The second-order valence-electron chi connectivity index (χ2n) is 10.4. The number of aliphatic hydroxyl groups excluding tert-OH is 4. The Hall–Kier alpha value is -2.58. The Balaban J connectivity index is 1.23. The molecule has 25 nitrogen and oxygen atoms in total. The summed E-state index contributed by atoms with van der Waals surface area (Å²) < 4.78 is 43.6. The lowest BCUT2D eigenvalue weighted by atomic mass is 10.1. The fourth-order valence-electron chi connectivity index (χ4n) is 4.91. The van der Waals surface area contributed by atoms with Crippen LogP contribution in [0.2, 0.25) is 0 Å². The van der Waals surface area contributed by atoms with Gasteiger partial charge in [0, 0.05) is 6.07 Å². The summed E-state index contributed by atoms with van der Waals surface area (Å²) in [7, 11) is -16.7. The van der Waals surface area contributed by atoms with Gasteiger partial charge in [0.1, 0.15) is 41.8 Å². The summed E-state index contributed by atoms with van der Waals surface area (Å²) in [6.45, 7) is -1.14. The number of primary amides is 1. The fraction of sp³-hybridized carbons (Fsp3) is 0.476. The minimum atomic E-state index is -5.78. The van der Waals surface area contributed by atoms with E-state index in [-0.39, 0.29) is 22.5 Å². The molecular weight excluding hydrogens is 731 g/mol. The van der Waals surface area contributed by atoms with E-state index >= 15 is 0 Å². The first-order chi connectivity index (χ1) is 22.8. The predicted molar refractivity (Wildman–Crippen MR) is 150 cm³/mol. The number of hydrogen-bond donors (Lipinski definition) is 10. The van der Waals surface area contributed by atoms with Crippen molar-refractivity contribution in [1.82, 2.24) is 19.5 Å². The van der Waals surface area contributed by atoms with E-state index in [1.807, 2.05) is 0 Å². The van der Waals surface area contributed by atoms with Crippen LogP contribution in [0, 0.1) is 0 Å². The number of pyridine rings is 1. The molecule has 0 spiro atoms. The number of carbonyl (C=O) groups is 1. The van der Waals surface area contributed by atoms with Crippen molar-refractivity contribution in [3.8, 4) is 0 Å². The number of anilines is 1. The van der Waals surface area contributed by atoms with E-state index in [4.69, 9.17) is 20.9 Å². The maximum atomic E-state index is 12.6. The maximum absolute atomic E-state index is 12.6. The molecule has 3 unspecified atom stereocenters. The number of phosphoric acid groups is 3. The molecule has 12 N–H and O–H groups in total. The molecule has 2 fully saturated rings. The number of aliphatic hydroxyl groups is 4. The number of amides is 1. The van der Waals surface area contributed by atoms with Crippen LogP contribution in [0.25, 0.3) is 11.2 Å². The summed E-state index contributed by atoms with van der Waals surface area (Å²) in [6, 6.07) is 2.68. The summed E-state index contributed by atoms with van der Waals surface area (Å²) in [5.41, 5.74) is 11.0. The van der Waals surface area contributed by atoms with Crippen LogP contribution in [0.4, 0.5) is 5.82 Å². The minimum Gasteiger partial charge on any atom is -0.606 e. The van der Waals surface area contributed by atoms with Gasteiger partial charge >= 0.3 is 24.2 Å². The maximum Gasteiger partial charge on any atom is 0.510 e. The van der Waals surface area contributed by atoms with Crippen molar-refractivity contribution in [3.05, 3.63) is 42.7 Å². The molecule has 0 saturated carbocycles. The van der Waals surface area contributed by atoms with Crippen LogP contribution in [-0.4, -0.2) is 115 Å². The molecule has 49 heavy (non-hydrogen) atoms. The zero-order chi connectivity index (χ0) is 36.1. The van der Waals surface area contributed by atoms with Gasteiger partial charge in [-0.3, -0.25) is 13.9 Å². The Bertz CT molecular complexity index is 1720. The molecule has 0 aromatic carbocycles. The Morgan fingerprint density at radius 1 is 1.14 bits per heavy atom. The van der Waals surface area contributed by atoms with Gasteiger partial charge in [0.25, 0.3) is 12.1 Å². The first-order valence-corrected chi connectivity index (χ1v) is 18.0. The van der Waals surface area contributed by atoms with Crippen LogP contribution < -0.4 is 25.8 Å². The highest BCUT2D eigenvalue weighted by Gasteiger charge is 2.56. The number of carbonyl (C=O) groups excluding carboxylic acids is 1. The smallest absolute Gasteiger partial charge is 0.510 e. The zero-order valence-corrected chi connectivity index (χ0v) is 26.9. The molecule has 2 aliphatic heterocycles. The second-order valence-corrected chi connectivity index (χ2v) is 14.6. The minimum absolute atomic E-state index is 0.0216. The summed E-state index contributed by atoms with van der Waals surface area (Å²) in [5.74, 6) is -0.917. The average molecular weight is 760 g/mol. The van der Waals surface area contributed by atoms with E-state index in [0.29, 0.717) is 0 Å². The number of nitrogens with zero attached hydrogens (tertiary/aromatic N) is 5. The Labute approximate surface area is 274 Å². The van der Waals surface area contributed by atoms with Crippen molar-refractivity contribution in [2.24, 2.45) is 5.73 Å². The lowest BCUT2D eigenvalue weighted by Crippen LogP contribution is -2.46. The van der Waals surface area contributed by atoms with E-state index in [9.17, 15) is 59.1 Å². The van der Waals surface area contributed by atoms with Crippen LogP contribution in [0.3, 0.4) is 0 Å². The van der Waals surface area contributed by atoms with E-state index in [1.54, 1.807) is 0 Å². The molecule has 28 heteroatoms. The van der Waals surface area contributed by atoms with E-state index in [1.165, 1.54) is 18.3 Å². The number of ether oxygens (including phenoxy) is 2. The first kappa shape index (κ1) is 37.7. The number of nitrogen functional groups attached to an aromatic ring is 1. The molecule has 3 aromatic rings. The largest absolute Gasteiger partial charge is 0.606 e. The highest BCUT2D eigenvalue weighted by Crippen LogP contribution is 2.64. The van der Waals surface area contributed by atoms with Crippen molar-refractivity contribution in [3.63, 3.8) is 0 Å². The van der Waals surface area contributed by atoms with Crippen molar-refractivity contribution in [2.45, 2.75) is 55.4 Å². The van der Waals surface area contributed by atoms with Crippen LogP contribution in [0.5, 0.6) is 0 Å². The third-order valence-electron chi connectivity index (χ3n) is 7.04. The van der Waals surface area contributed by atoms with E-state index in [0.717, 1.165) is 28.0 Å². The van der Waals surface area contributed by atoms with Crippen LogP contribution in [-0.2, 0) is 31.9 Å². The lowest BCUT2D eigenvalue weighted by molar-refractivity contribution is -0.766. The Morgan fingerprint density at radius 2 is 1.86 bits per heavy atom. The number of hydrogen-bond acceptors (Lipinski definition) is 21. The van der Waals surface area contributed by atoms with Crippen LogP contribution in [0.1, 0.15) is 22.8 Å². The molecule has 11 atom stereocenters. The predicted octanol–water partition coefficient (Wildman–Crippen LogP) is -5.72. The molecule has 1 amide bonds. The summed E-state index contributed by atoms with van der Waals surface area (Å²) in [6.07, 6.45) is -12.4. The van der Waals surface area contributed by atoms with Gasteiger partial charge in [-0.2, -0.15) is 23.8 Å². The average Bonchev–Trinajstić information content (AvgIpc) is 3.65. The number of fused-ring (bicyclic) bond motifs is 1. The Kier molecular flexibility index (Phi) is 10.9. The van der Waals surface area contributed by atoms with Gasteiger partial charge in [-0.25, -0.2) is 19.5 Å². The normalized spacial score (nSPS) is 30.7. The zero-order valence-electron chi connectivity index (χ0n) is 24.3. The molecule has 0 radical (unpaired) electrons. The highest BCUT2D eigenvalue weighted by atomic mass is 31.3. The van der Waals surface area contributed by atoms with Gasteiger partial charge in [-0.15, -0.1) is 4.52 Å². The Morgan fingerprint density at radius 3 is 2.53 bits per heavy atom. The fourth-order valence-corrected chi connectivity index (χ4v) is 7.57. The van der Waals surface area contributed by atoms with Gasteiger partial charge in [0.15, 0.2) is 42.3 Å². The number of aromatic nitrogens is 5. The quantitative estimate of drug-likeness (QED) is 0.0441. The third-order valence-corrected chi connectivity index (χ3v) is 10.2. The monoisotopic (exact) mass is 760 g/mol. The highest BCUT2D eigenvalue weighted by molar-refractivity contribution is 7.64. The molecule has 270 valence electrons. The van der Waals surface area contributed by atoms with Gasteiger partial charge in [0.2, 0.25) is 6.29 Å². The van der Waals surface area contributed by atoms with E-state index < -0.39 is 92.0 Å². The molecule has 0 bridgehead atoms. The summed E-state index contributed by atoms with van der Waals surface area (Å²) in [5, 5.41) is 41.9. The number of nitrogens with two attached hydrogens (primary N) is 2. The van der Waals surface area contributed by atoms with Gasteiger partial charge in [-0.05, 0) is 6.07 Å². The van der Waals surface area contributed by atoms with Crippen LogP contribution in [0.15, 0.2) is 37.2 Å². The molecular formula is C21H29N7O18P3+. The molecule has 0 aliphatic carbocycles. The van der Waals surface area contributed by atoms with Crippen molar-refractivity contribution in [2.75, 3.05) is 12.3 Å². The molecule has 5 heterocycles. The molecule has 5 rings (SSSR count). The van der Waals surface area contributed by atoms with Gasteiger partial charge in [0.05, 0.1) is 12.9 Å². The van der Waals surface area contributed by atoms with Crippen LogP contribution >= 0.6 is 24.2 Å². The molecule has 3 aromatic heterocycles. The van der Waals surface area contributed by atoms with Gasteiger partial charge < -0.3 is 56.0 Å². The standard InChI is InChI=1S/C21H28N7O18P3/c22-16-10-18(25-6-24-16)28(7-26-10)20-14(44-47(34,35)36)11(29)9(42-20)5-41-48(37,38)46-49(39,40)45-21(33)15-12(30)13(31)19(43-15)27-3-1-2-8(4-27)17(23)32/h1-4,6-7,9,11-15,19-21,29-31,33H,5H2,(H7-,22,23,24,25,32,34,35,36,37,38,39,40)/p+1/t9-,11-,12+,13-,14-,15+,19-,20-,21?/m1/s1. The van der Waals surface area contributed by atoms with E-state index in [2.05, 4.69) is 32.8 Å². The summed E-state index contributed by atoms with van der Waals surface area (Å²) in [4.78, 5) is 86.3. The third kappa shape index (κ3) is 8.49. The summed E-state index contributed by atoms with van der Waals surface area (Å²) >= 11 is 0. The number of phosphoric ester groups is 3. The lowest BCUT2D eigenvalue weighted by Gasteiger charge is -2.26. The van der Waals surface area contributed by atoms with Crippen molar-refractivity contribution < 1.29 is 91.1 Å². The first-order valence-electron chi connectivity index (χ1n) is 13.5. The topological polar surface area (TPSA) is 397 Å². The number of imidazole rings is 1. The van der Waals surface area contributed by atoms with Gasteiger partial charge in [-0.1, -0.05) is 4.31 Å². The van der Waals surface area contributed by atoms with Crippen molar-refractivity contribution in [1.29, 1.82) is 0 Å². The number of rotatable bonds is 13. The second kappa shape index (κ2) is 14.2.